The van der Waals surface area contributed by atoms with Gasteiger partial charge in [-0.2, -0.15) is 5.26 Å². The molecule has 0 aliphatic rings. The van der Waals surface area contributed by atoms with Crippen LogP contribution < -0.4 is 0 Å². The van der Waals surface area contributed by atoms with Crippen molar-refractivity contribution in [2.24, 2.45) is 0 Å². The smallest absolute Gasteiger partial charge is 0.101 e. The summed E-state index contributed by atoms with van der Waals surface area (Å²) in [7, 11) is 0. The number of nitrogens with zero attached hydrogens (tertiary/aromatic N) is 2. The maximum atomic E-state index is 9.18. The third-order valence-electron chi connectivity index (χ3n) is 2.49. The molecule has 0 saturated heterocycles. The van der Waals surface area contributed by atoms with Crippen LogP contribution in [0.3, 0.4) is 0 Å². The molecule has 0 aliphatic carbocycles. The lowest BCUT2D eigenvalue weighted by atomic mass is 10.1. The summed E-state index contributed by atoms with van der Waals surface area (Å²) in [6.45, 7) is 0. The highest BCUT2D eigenvalue weighted by atomic mass is 35.5. The molecule has 4 heteroatoms. The molecule has 1 aromatic carbocycles. The molecule has 1 heterocycles. The molecule has 19 heavy (non-hydrogen) atoms. The van der Waals surface area contributed by atoms with E-state index >= 15 is 0 Å². The Hall–Kier alpha value is -1.76. The van der Waals surface area contributed by atoms with Crippen LogP contribution >= 0.6 is 24.2 Å². The second-order valence-electron chi connectivity index (χ2n) is 3.66. The van der Waals surface area contributed by atoms with E-state index in [1.165, 1.54) is 4.90 Å². The first-order chi connectivity index (χ1) is 8.83. The zero-order valence-electron chi connectivity index (χ0n) is 10.4. The molecule has 0 N–H and O–H groups in total. The minimum absolute atomic E-state index is 0. The molecule has 0 amide bonds. The van der Waals surface area contributed by atoms with Crippen LogP contribution in [-0.2, 0) is 0 Å². The van der Waals surface area contributed by atoms with Crippen molar-refractivity contribution >= 4 is 35.8 Å². The van der Waals surface area contributed by atoms with Crippen molar-refractivity contribution in [2.75, 3.05) is 6.26 Å². The van der Waals surface area contributed by atoms with Crippen LogP contribution in [0.4, 0.5) is 0 Å². The van der Waals surface area contributed by atoms with Crippen LogP contribution in [0.2, 0.25) is 0 Å². The van der Waals surface area contributed by atoms with Gasteiger partial charge in [0.15, 0.2) is 0 Å². The van der Waals surface area contributed by atoms with Gasteiger partial charge >= 0.3 is 0 Å². The summed E-state index contributed by atoms with van der Waals surface area (Å²) >= 11 is 1.70. The summed E-state index contributed by atoms with van der Waals surface area (Å²) in [5.74, 6) is 0. The number of aromatic nitrogens is 1. The summed E-state index contributed by atoms with van der Waals surface area (Å²) < 4.78 is 0. The Kier molecular flexibility index (Phi) is 6.14. The lowest BCUT2D eigenvalue weighted by Crippen LogP contribution is -1.85. The van der Waals surface area contributed by atoms with Crippen molar-refractivity contribution in [3.8, 4) is 6.07 Å². The van der Waals surface area contributed by atoms with E-state index in [2.05, 4.69) is 11.1 Å². The topological polar surface area (TPSA) is 36.7 Å². The number of allylic oxidation sites excluding steroid dienone is 1. The van der Waals surface area contributed by atoms with E-state index in [1.807, 2.05) is 54.8 Å². The fourth-order valence-electron chi connectivity index (χ4n) is 1.55. The van der Waals surface area contributed by atoms with E-state index < -0.39 is 0 Å². The van der Waals surface area contributed by atoms with Gasteiger partial charge in [0.2, 0.25) is 0 Å². The largest absolute Gasteiger partial charge is 0.256 e. The predicted molar refractivity (Wildman–Crippen MR) is 83.2 cm³/mol. The standard InChI is InChI=1S/C15H12N2S.ClH/c1-18-14-7-5-12(6-8-14)10-13(11-16)15-4-2-3-9-17-15;/h2-10H,1H3;1H/b13-10+;. The van der Waals surface area contributed by atoms with Crippen molar-refractivity contribution in [1.82, 2.24) is 4.98 Å². The highest BCUT2D eigenvalue weighted by Gasteiger charge is 2.01. The molecular weight excluding hydrogens is 276 g/mol. The normalized spacial score (nSPS) is 10.4. The third kappa shape index (κ3) is 4.13. The van der Waals surface area contributed by atoms with Crippen molar-refractivity contribution < 1.29 is 0 Å². The molecule has 0 saturated carbocycles. The lowest BCUT2D eigenvalue weighted by Gasteiger charge is -2.00. The number of hydrogen-bond acceptors (Lipinski definition) is 3. The van der Waals surface area contributed by atoms with Gasteiger partial charge < -0.3 is 0 Å². The Morgan fingerprint density at radius 3 is 2.47 bits per heavy atom. The molecular formula is C15H13ClN2S. The van der Waals surface area contributed by atoms with E-state index in [9.17, 15) is 5.26 Å². The SMILES string of the molecule is CSc1ccc(/C=C(\C#N)c2ccccn2)cc1.Cl. The minimum atomic E-state index is 0. The molecule has 0 bridgehead atoms. The van der Waals surface area contributed by atoms with Gasteiger partial charge in [-0.3, -0.25) is 4.98 Å². The first kappa shape index (κ1) is 15.3. The maximum Gasteiger partial charge on any atom is 0.101 e. The maximum absolute atomic E-state index is 9.18. The summed E-state index contributed by atoms with van der Waals surface area (Å²) in [4.78, 5) is 5.40. The lowest BCUT2D eigenvalue weighted by molar-refractivity contribution is 1.28. The van der Waals surface area contributed by atoms with Gasteiger partial charge in [0.25, 0.3) is 0 Å². The Morgan fingerprint density at radius 1 is 1.21 bits per heavy atom. The van der Waals surface area contributed by atoms with Gasteiger partial charge in [-0.15, -0.1) is 24.2 Å². The summed E-state index contributed by atoms with van der Waals surface area (Å²) in [6, 6.07) is 15.8. The fraction of sp³-hybridized carbons (Fsp3) is 0.0667. The van der Waals surface area contributed by atoms with E-state index in [0.29, 0.717) is 11.3 Å². The van der Waals surface area contributed by atoms with Crippen LogP contribution in [-0.4, -0.2) is 11.2 Å². The molecule has 2 aromatic rings. The van der Waals surface area contributed by atoms with Crippen LogP contribution in [0.15, 0.2) is 53.6 Å². The Balaban J connectivity index is 0.00000180. The summed E-state index contributed by atoms with van der Waals surface area (Å²) in [6.07, 6.45) is 5.59. The number of halogens is 1. The molecule has 1 aromatic heterocycles. The van der Waals surface area contributed by atoms with Gasteiger partial charge in [0, 0.05) is 11.1 Å². The molecule has 96 valence electrons. The van der Waals surface area contributed by atoms with Gasteiger partial charge in [-0.25, -0.2) is 0 Å². The number of benzene rings is 1. The predicted octanol–water partition coefficient (Wildman–Crippen LogP) is 4.29. The Morgan fingerprint density at radius 2 is 1.95 bits per heavy atom. The highest BCUT2D eigenvalue weighted by Crippen LogP contribution is 2.19. The first-order valence-electron chi connectivity index (χ1n) is 5.51. The molecule has 0 fully saturated rings. The van der Waals surface area contributed by atoms with Crippen LogP contribution in [0.1, 0.15) is 11.3 Å². The molecule has 2 rings (SSSR count). The van der Waals surface area contributed by atoms with Crippen molar-refractivity contribution in [2.45, 2.75) is 4.90 Å². The fourth-order valence-corrected chi connectivity index (χ4v) is 1.96. The van der Waals surface area contributed by atoms with E-state index in [1.54, 1.807) is 18.0 Å². The molecule has 0 radical (unpaired) electrons. The van der Waals surface area contributed by atoms with Gasteiger partial charge in [-0.1, -0.05) is 18.2 Å². The van der Waals surface area contributed by atoms with E-state index in [4.69, 9.17) is 0 Å². The number of rotatable bonds is 3. The zero-order valence-corrected chi connectivity index (χ0v) is 12.0. The van der Waals surface area contributed by atoms with Gasteiger partial charge in [0.1, 0.15) is 6.07 Å². The van der Waals surface area contributed by atoms with E-state index in [0.717, 1.165) is 5.56 Å². The van der Waals surface area contributed by atoms with E-state index in [-0.39, 0.29) is 12.4 Å². The zero-order chi connectivity index (χ0) is 12.8. The Bertz CT molecular complexity index is 586. The number of thioether (sulfide) groups is 1. The second-order valence-corrected chi connectivity index (χ2v) is 4.54. The average Bonchev–Trinajstić information content (AvgIpc) is 2.46. The van der Waals surface area contributed by atoms with Crippen LogP contribution in [0.5, 0.6) is 0 Å². The number of hydrogen-bond donors (Lipinski definition) is 0. The third-order valence-corrected chi connectivity index (χ3v) is 3.23. The number of nitriles is 1. The van der Waals surface area contributed by atoms with Crippen molar-refractivity contribution in [3.63, 3.8) is 0 Å². The highest BCUT2D eigenvalue weighted by molar-refractivity contribution is 7.98. The molecule has 2 nitrogen and oxygen atoms in total. The Labute approximate surface area is 123 Å². The minimum Gasteiger partial charge on any atom is -0.256 e. The molecule has 0 spiro atoms. The first-order valence-corrected chi connectivity index (χ1v) is 6.73. The molecule has 0 aliphatic heterocycles. The molecule has 0 unspecified atom stereocenters. The number of pyridine rings is 1. The quantitative estimate of drug-likeness (QED) is 0.624. The molecule has 0 atom stereocenters. The summed E-state index contributed by atoms with van der Waals surface area (Å²) in [5.41, 5.74) is 2.29. The van der Waals surface area contributed by atoms with Gasteiger partial charge in [-0.05, 0) is 42.2 Å². The van der Waals surface area contributed by atoms with Crippen molar-refractivity contribution in [1.29, 1.82) is 5.26 Å². The second kappa shape index (κ2) is 7.63. The van der Waals surface area contributed by atoms with Crippen LogP contribution in [0.25, 0.3) is 11.6 Å². The summed E-state index contributed by atoms with van der Waals surface area (Å²) in [5, 5.41) is 9.18. The monoisotopic (exact) mass is 288 g/mol. The average molecular weight is 289 g/mol. The van der Waals surface area contributed by atoms with Crippen LogP contribution in [0, 0.1) is 11.3 Å². The van der Waals surface area contributed by atoms with Gasteiger partial charge in [0.05, 0.1) is 11.3 Å². The van der Waals surface area contributed by atoms with Crippen molar-refractivity contribution in [3.05, 3.63) is 59.9 Å².